The van der Waals surface area contributed by atoms with E-state index in [1.54, 1.807) is 7.05 Å². The van der Waals surface area contributed by atoms with Crippen molar-refractivity contribution in [1.82, 2.24) is 14.7 Å². The van der Waals surface area contributed by atoms with Crippen molar-refractivity contribution in [3.63, 3.8) is 0 Å². The van der Waals surface area contributed by atoms with Gasteiger partial charge in [0.15, 0.2) is 0 Å². The first-order valence-corrected chi connectivity index (χ1v) is 11.1. The minimum absolute atomic E-state index is 0.0511. The summed E-state index contributed by atoms with van der Waals surface area (Å²) in [5, 5.41) is 9.35. The number of piperidine rings is 1. The maximum atomic E-state index is 12.9. The Labute approximate surface area is 183 Å². The number of aliphatic imine (C=N–C) groups is 1. The number of benzene rings is 1. The van der Waals surface area contributed by atoms with Crippen LogP contribution in [0.1, 0.15) is 24.8 Å². The Morgan fingerprint density at radius 1 is 1.10 bits per heavy atom. The standard InChI is InChI=1S/C23H32N5O3/c1-25-21-20(22(30)26(2)23(25)31)28(11-6-14-29)19(24-21)16-27-12-9-18(10-13-27)15-17-7-4-3-5-8-17/h3-5,7-8,18,20,29H,6,9-16H2,1-2H3/q+1. The topological polar surface area (TPSA) is 79.5 Å². The van der Waals surface area contributed by atoms with Gasteiger partial charge in [-0.05, 0) is 48.8 Å². The fraction of sp³-hybridized carbons (Fsp3) is 0.565. The van der Waals surface area contributed by atoms with E-state index in [1.165, 1.54) is 17.5 Å². The van der Waals surface area contributed by atoms with Gasteiger partial charge in [0, 0.05) is 27.1 Å². The van der Waals surface area contributed by atoms with Crippen LogP contribution in [-0.2, 0) is 11.2 Å². The zero-order chi connectivity index (χ0) is 22.0. The summed E-state index contributed by atoms with van der Waals surface area (Å²) in [5.41, 5.74) is 1.40. The first-order chi connectivity index (χ1) is 15.0. The number of carbonyl (C=O) groups is 2. The third-order valence-electron chi connectivity index (χ3n) is 6.61. The number of imide groups is 1. The minimum Gasteiger partial charge on any atom is -0.396 e. The Kier molecular flexibility index (Phi) is 6.48. The van der Waals surface area contributed by atoms with Crippen molar-refractivity contribution < 1.29 is 19.3 Å². The molecule has 3 aliphatic rings. The number of rotatable bonds is 7. The van der Waals surface area contributed by atoms with Gasteiger partial charge in [-0.2, -0.15) is 0 Å². The van der Waals surface area contributed by atoms with E-state index in [2.05, 4.69) is 35.2 Å². The van der Waals surface area contributed by atoms with Crippen LogP contribution in [0.2, 0.25) is 0 Å². The highest BCUT2D eigenvalue weighted by Crippen LogP contribution is 2.23. The summed E-state index contributed by atoms with van der Waals surface area (Å²) in [5.74, 6) is 1.75. The molecule has 0 aliphatic carbocycles. The lowest BCUT2D eigenvalue weighted by atomic mass is 9.90. The van der Waals surface area contributed by atoms with Gasteiger partial charge in [-0.3, -0.25) is 19.5 Å². The van der Waals surface area contributed by atoms with Gasteiger partial charge in [0.2, 0.25) is 0 Å². The molecular weight excluding hydrogens is 394 g/mol. The molecular formula is C23H32N5O3+. The van der Waals surface area contributed by atoms with Crippen molar-refractivity contribution in [1.29, 1.82) is 0 Å². The highest BCUT2D eigenvalue weighted by molar-refractivity contribution is 6.23. The lowest BCUT2D eigenvalue weighted by Gasteiger charge is -2.31. The lowest BCUT2D eigenvalue weighted by molar-refractivity contribution is -0.537. The summed E-state index contributed by atoms with van der Waals surface area (Å²) in [7, 11) is 3.18. The monoisotopic (exact) mass is 426 g/mol. The van der Waals surface area contributed by atoms with E-state index >= 15 is 0 Å². The van der Waals surface area contributed by atoms with Gasteiger partial charge in [0.05, 0.1) is 6.54 Å². The number of hydrogen-bond acceptors (Lipinski definition) is 5. The quantitative estimate of drug-likeness (QED) is 0.661. The maximum Gasteiger partial charge on any atom is 0.333 e. The Morgan fingerprint density at radius 2 is 1.81 bits per heavy atom. The second-order valence-electron chi connectivity index (χ2n) is 8.71. The Morgan fingerprint density at radius 3 is 2.48 bits per heavy atom. The Balaban J connectivity index is 1.45. The highest BCUT2D eigenvalue weighted by Gasteiger charge is 2.52. The van der Waals surface area contributed by atoms with E-state index < -0.39 is 6.04 Å². The second-order valence-corrected chi connectivity index (χ2v) is 8.71. The number of aliphatic hydroxyl groups is 1. The Hall–Kier alpha value is -2.58. The number of nitrogens with zero attached hydrogens (tertiary/aromatic N) is 5. The molecule has 8 heteroatoms. The van der Waals surface area contributed by atoms with Crippen molar-refractivity contribution in [2.75, 3.05) is 46.9 Å². The van der Waals surface area contributed by atoms with Crippen molar-refractivity contribution >= 4 is 23.6 Å². The molecule has 8 nitrogen and oxygen atoms in total. The van der Waals surface area contributed by atoms with Crippen LogP contribution in [0.15, 0.2) is 35.3 Å². The number of urea groups is 1. The average Bonchev–Trinajstić information content (AvgIpc) is 3.15. The highest BCUT2D eigenvalue weighted by atomic mass is 16.3. The van der Waals surface area contributed by atoms with E-state index in [1.807, 2.05) is 4.58 Å². The number of likely N-dealkylation sites (tertiary alicyclic amines) is 1. The number of fused-ring (bicyclic) bond motifs is 1. The van der Waals surface area contributed by atoms with Gasteiger partial charge in [-0.1, -0.05) is 30.3 Å². The number of amidine groups is 2. The zero-order valence-electron chi connectivity index (χ0n) is 18.4. The molecule has 0 saturated carbocycles. The van der Waals surface area contributed by atoms with Gasteiger partial charge in [0.1, 0.15) is 6.54 Å². The molecule has 0 radical (unpaired) electrons. The molecule has 4 rings (SSSR count). The second kappa shape index (κ2) is 9.28. The summed E-state index contributed by atoms with van der Waals surface area (Å²) >= 11 is 0. The number of likely N-dealkylation sites (N-methyl/N-ethyl adjacent to an activating group) is 2. The van der Waals surface area contributed by atoms with Crippen LogP contribution in [0.25, 0.3) is 0 Å². The van der Waals surface area contributed by atoms with Crippen molar-refractivity contribution in [2.45, 2.75) is 31.7 Å². The van der Waals surface area contributed by atoms with Gasteiger partial charge in [-0.15, -0.1) is 0 Å². The van der Waals surface area contributed by atoms with E-state index in [0.717, 1.165) is 43.1 Å². The number of carbonyl (C=O) groups excluding carboxylic acids is 2. The molecule has 1 aromatic carbocycles. The smallest absolute Gasteiger partial charge is 0.333 e. The zero-order valence-corrected chi connectivity index (χ0v) is 18.4. The molecule has 0 aromatic heterocycles. The van der Waals surface area contributed by atoms with Crippen molar-refractivity contribution in [3.8, 4) is 0 Å². The normalized spacial score (nSPS) is 22.9. The lowest BCUT2D eigenvalue weighted by Crippen LogP contribution is -2.61. The van der Waals surface area contributed by atoms with Crippen LogP contribution in [0.5, 0.6) is 0 Å². The van der Waals surface area contributed by atoms with Crippen molar-refractivity contribution in [2.24, 2.45) is 10.9 Å². The van der Waals surface area contributed by atoms with Gasteiger partial charge in [-0.25, -0.2) is 9.37 Å². The number of aliphatic hydroxyl groups excluding tert-OH is 1. The van der Waals surface area contributed by atoms with E-state index in [4.69, 9.17) is 4.99 Å². The molecule has 31 heavy (non-hydrogen) atoms. The first kappa shape index (κ1) is 21.6. The van der Waals surface area contributed by atoms with Gasteiger partial charge >= 0.3 is 11.9 Å². The molecule has 0 spiro atoms. The molecule has 1 unspecified atom stereocenters. The maximum absolute atomic E-state index is 12.9. The molecule has 2 saturated heterocycles. The fourth-order valence-corrected chi connectivity index (χ4v) is 4.77. The summed E-state index contributed by atoms with van der Waals surface area (Å²) in [6, 6.07) is 9.71. The third kappa shape index (κ3) is 4.41. The Bertz CT molecular complexity index is 890. The molecule has 2 fully saturated rings. The molecule has 1 atom stereocenters. The largest absolute Gasteiger partial charge is 0.396 e. The predicted molar refractivity (Wildman–Crippen MR) is 118 cm³/mol. The molecule has 1 aromatic rings. The molecule has 3 aliphatic heterocycles. The average molecular weight is 427 g/mol. The summed E-state index contributed by atoms with van der Waals surface area (Å²) in [4.78, 5) is 35.0. The third-order valence-corrected chi connectivity index (χ3v) is 6.61. The van der Waals surface area contributed by atoms with Crippen LogP contribution < -0.4 is 0 Å². The van der Waals surface area contributed by atoms with Crippen LogP contribution >= 0.6 is 0 Å². The molecule has 3 amide bonds. The van der Waals surface area contributed by atoms with E-state index in [-0.39, 0.29) is 18.5 Å². The number of hydrogen-bond donors (Lipinski definition) is 1. The van der Waals surface area contributed by atoms with Crippen LogP contribution in [0.4, 0.5) is 4.79 Å². The number of amides is 3. The molecule has 166 valence electrons. The van der Waals surface area contributed by atoms with Crippen LogP contribution in [0.3, 0.4) is 0 Å². The summed E-state index contributed by atoms with van der Waals surface area (Å²) < 4.78 is 1.98. The minimum atomic E-state index is -0.579. The van der Waals surface area contributed by atoms with E-state index in [9.17, 15) is 14.7 Å². The molecule has 1 N–H and O–H groups in total. The fourth-order valence-electron chi connectivity index (χ4n) is 4.77. The van der Waals surface area contributed by atoms with Crippen molar-refractivity contribution in [3.05, 3.63) is 35.9 Å². The van der Waals surface area contributed by atoms with Crippen LogP contribution in [-0.4, -0.2) is 101 Å². The SMILES string of the molecule is CN1C(=O)C2C(=NC(CN3CCC(Cc4ccccc4)CC3)=[N+]2CCCO)N(C)C1=O. The summed E-state index contributed by atoms with van der Waals surface area (Å²) in [6.45, 7) is 3.23. The van der Waals surface area contributed by atoms with E-state index in [0.29, 0.717) is 31.3 Å². The first-order valence-electron chi connectivity index (χ1n) is 11.1. The van der Waals surface area contributed by atoms with Gasteiger partial charge in [0.25, 0.3) is 17.8 Å². The molecule has 0 bridgehead atoms. The van der Waals surface area contributed by atoms with Crippen LogP contribution in [0, 0.1) is 5.92 Å². The summed E-state index contributed by atoms with van der Waals surface area (Å²) in [6.07, 6.45) is 3.94. The predicted octanol–water partition coefficient (Wildman–Crippen LogP) is 1.04. The molecule has 3 heterocycles. The van der Waals surface area contributed by atoms with Gasteiger partial charge < -0.3 is 5.11 Å².